The Bertz CT molecular complexity index is 1550. The van der Waals surface area contributed by atoms with Gasteiger partial charge in [-0.15, -0.1) is 0 Å². The second-order valence-corrected chi connectivity index (χ2v) is 14.7. The minimum atomic E-state index is -0.257. The second kappa shape index (κ2) is 16.2. The molecule has 2 aromatic carbocycles. The molecule has 3 aromatic rings. The Morgan fingerprint density at radius 1 is 0.939 bits per heavy atom. The van der Waals surface area contributed by atoms with Crippen LogP contribution >= 0.6 is 0 Å². The van der Waals surface area contributed by atoms with Crippen molar-refractivity contribution < 1.29 is 19.1 Å². The highest BCUT2D eigenvalue weighted by Gasteiger charge is 2.31. The standard InChI is InChI=1S/C40H55N5O4/c1-29-23-35(17-18-38(29)48-4)32-15-13-31(14-16-32)26-44(39(46)33-9-6-5-7-10-33)37-12-8-11-34(24-37)36-25-41-45(27-36)30(2)28-49-40(47)43-21-19-42(3)20-22-43/h8,11-12,17-18,23-25,27,30-33H,5-7,9-10,13-16,19-22,26,28H2,1-4H3. The lowest BCUT2D eigenvalue weighted by Crippen LogP contribution is -2.47. The maximum atomic E-state index is 14.2. The quantitative estimate of drug-likeness (QED) is 0.220. The fourth-order valence-corrected chi connectivity index (χ4v) is 7.91. The number of ether oxygens (including phenoxy) is 2. The molecule has 2 amide bonds. The number of likely N-dealkylation sites (N-methyl/N-ethyl adjacent to an activating group) is 1. The summed E-state index contributed by atoms with van der Waals surface area (Å²) < 4.78 is 13.0. The predicted octanol–water partition coefficient (Wildman–Crippen LogP) is 7.70. The molecule has 1 saturated heterocycles. The molecule has 2 heterocycles. The van der Waals surface area contributed by atoms with Gasteiger partial charge in [-0.3, -0.25) is 9.48 Å². The highest BCUT2D eigenvalue weighted by Crippen LogP contribution is 2.39. The van der Waals surface area contributed by atoms with E-state index in [1.54, 1.807) is 12.0 Å². The fraction of sp³-hybridized carbons (Fsp3) is 0.575. The predicted molar refractivity (Wildman–Crippen MR) is 194 cm³/mol. The number of amides is 2. The number of benzene rings is 2. The largest absolute Gasteiger partial charge is 0.496 e. The molecule has 1 unspecified atom stereocenters. The summed E-state index contributed by atoms with van der Waals surface area (Å²) in [7, 11) is 3.80. The van der Waals surface area contributed by atoms with Gasteiger partial charge in [-0.2, -0.15) is 5.10 Å². The van der Waals surface area contributed by atoms with Gasteiger partial charge in [-0.1, -0.05) is 43.5 Å². The number of aromatic nitrogens is 2. The van der Waals surface area contributed by atoms with Crippen LogP contribution in [0.2, 0.25) is 0 Å². The highest BCUT2D eigenvalue weighted by atomic mass is 16.6. The molecular formula is C40H55N5O4. The topological polar surface area (TPSA) is 80.1 Å². The third kappa shape index (κ3) is 8.66. The van der Waals surface area contributed by atoms with Gasteiger partial charge in [-0.05, 0) is 106 Å². The van der Waals surface area contributed by atoms with Gasteiger partial charge in [0.25, 0.3) is 0 Å². The van der Waals surface area contributed by atoms with Crippen LogP contribution in [0.1, 0.15) is 87.8 Å². The number of carbonyl (C=O) groups is 2. The number of nitrogens with zero attached hydrogens (tertiary/aromatic N) is 5. The maximum Gasteiger partial charge on any atom is 0.409 e. The van der Waals surface area contributed by atoms with Crippen molar-refractivity contribution in [2.45, 2.75) is 83.6 Å². The Morgan fingerprint density at radius 3 is 2.41 bits per heavy atom. The van der Waals surface area contributed by atoms with Crippen molar-refractivity contribution in [3.63, 3.8) is 0 Å². The van der Waals surface area contributed by atoms with Gasteiger partial charge in [0, 0.05) is 56.1 Å². The summed E-state index contributed by atoms with van der Waals surface area (Å²) in [5, 5.41) is 4.63. The molecule has 9 heteroatoms. The van der Waals surface area contributed by atoms with E-state index in [2.05, 4.69) is 71.3 Å². The number of hydrogen-bond donors (Lipinski definition) is 0. The van der Waals surface area contributed by atoms with Gasteiger partial charge in [0.05, 0.1) is 19.3 Å². The average Bonchev–Trinajstić information content (AvgIpc) is 3.64. The third-order valence-electron chi connectivity index (χ3n) is 11.2. The third-order valence-corrected chi connectivity index (χ3v) is 11.2. The van der Waals surface area contributed by atoms with E-state index in [0.717, 1.165) is 93.6 Å². The minimum absolute atomic E-state index is 0.102. The first-order chi connectivity index (χ1) is 23.8. The highest BCUT2D eigenvalue weighted by molar-refractivity contribution is 5.95. The number of piperazine rings is 1. The Labute approximate surface area is 292 Å². The van der Waals surface area contributed by atoms with Crippen molar-refractivity contribution in [3.8, 4) is 16.9 Å². The van der Waals surface area contributed by atoms with E-state index in [1.807, 2.05) is 24.0 Å². The Kier molecular flexibility index (Phi) is 11.6. The van der Waals surface area contributed by atoms with Gasteiger partial charge in [0.15, 0.2) is 0 Å². The molecule has 6 rings (SSSR count). The number of methoxy groups -OCH3 is 1. The summed E-state index contributed by atoms with van der Waals surface area (Å²) >= 11 is 0. The second-order valence-electron chi connectivity index (χ2n) is 14.7. The van der Waals surface area contributed by atoms with E-state index in [0.29, 0.717) is 24.9 Å². The molecule has 1 atom stereocenters. The van der Waals surface area contributed by atoms with Crippen LogP contribution in [0.15, 0.2) is 54.9 Å². The molecule has 264 valence electrons. The number of carbonyl (C=O) groups excluding carboxylic acids is 2. The van der Waals surface area contributed by atoms with Crippen LogP contribution in [-0.4, -0.2) is 85.1 Å². The lowest BCUT2D eigenvalue weighted by atomic mass is 9.78. The minimum Gasteiger partial charge on any atom is -0.496 e. The average molecular weight is 670 g/mol. The van der Waals surface area contributed by atoms with Gasteiger partial charge < -0.3 is 24.2 Å². The number of rotatable bonds is 10. The van der Waals surface area contributed by atoms with E-state index < -0.39 is 0 Å². The number of anilines is 1. The fourth-order valence-electron chi connectivity index (χ4n) is 7.91. The SMILES string of the molecule is COc1ccc(C2CCC(CN(C(=O)C3CCCCC3)c3cccc(-c4cnn(C(C)COC(=O)N5CCN(C)CC5)c4)c3)CC2)cc1C. The number of aryl methyl sites for hydroxylation is 1. The zero-order chi connectivity index (χ0) is 34.3. The van der Waals surface area contributed by atoms with Gasteiger partial charge >= 0.3 is 6.09 Å². The summed E-state index contributed by atoms with van der Waals surface area (Å²) in [6, 6.07) is 14.9. The first-order valence-electron chi connectivity index (χ1n) is 18.5. The molecule has 2 aliphatic carbocycles. The van der Waals surface area contributed by atoms with Gasteiger partial charge in [-0.25, -0.2) is 4.79 Å². The first-order valence-corrected chi connectivity index (χ1v) is 18.5. The molecule has 0 radical (unpaired) electrons. The van der Waals surface area contributed by atoms with Crippen LogP contribution in [0, 0.1) is 18.8 Å². The van der Waals surface area contributed by atoms with Crippen molar-refractivity contribution in [3.05, 3.63) is 66.0 Å². The van der Waals surface area contributed by atoms with E-state index in [9.17, 15) is 9.59 Å². The van der Waals surface area contributed by atoms with E-state index >= 15 is 0 Å². The van der Waals surface area contributed by atoms with Crippen molar-refractivity contribution in [2.75, 3.05) is 58.4 Å². The Morgan fingerprint density at radius 2 is 1.69 bits per heavy atom. The van der Waals surface area contributed by atoms with Crippen molar-refractivity contribution in [1.29, 1.82) is 0 Å². The summed E-state index contributed by atoms with van der Waals surface area (Å²) in [6.07, 6.45) is 13.6. The van der Waals surface area contributed by atoms with Gasteiger partial charge in [0.1, 0.15) is 12.4 Å². The molecule has 0 spiro atoms. The van der Waals surface area contributed by atoms with Crippen LogP contribution in [0.25, 0.3) is 11.1 Å². The van der Waals surface area contributed by atoms with Crippen LogP contribution in [0.5, 0.6) is 5.75 Å². The first kappa shape index (κ1) is 35.0. The van der Waals surface area contributed by atoms with Crippen molar-refractivity contribution in [2.24, 2.45) is 11.8 Å². The molecule has 3 aliphatic rings. The summed E-state index contributed by atoms with van der Waals surface area (Å²) in [4.78, 5) is 32.9. The van der Waals surface area contributed by atoms with Crippen molar-refractivity contribution in [1.82, 2.24) is 19.6 Å². The molecular weight excluding hydrogens is 614 g/mol. The molecule has 1 aromatic heterocycles. The van der Waals surface area contributed by atoms with E-state index in [1.165, 1.54) is 17.5 Å². The normalized spacial score (nSPS) is 21.3. The molecule has 0 bridgehead atoms. The van der Waals surface area contributed by atoms with Crippen LogP contribution in [0.4, 0.5) is 10.5 Å². The smallest absolute Gasteiger partial charge is 0.409 e. The molecule has 3 fully saturated rings. The molecule has 0 N–H and O–H groups in total. The Balaban J connectivity index is 1.12. The molecule has 2 saturated carbocycles. The van der Waals surface area contributed by atoms with E-state index in [4.69, 9.17) is 9.47 Å². The zero-order valence-electron chi connectivity index (χ0n) is 30.0. The summed E-state index contributed by atoms with van der Waals surface area (Å²) in [5.74, 6) is 2.37. The monoisotopic (exact) mass is 669 g/mol. The molecule has 49 heavy (non-hydrogen) atoms. The van der Waals surface area contributed by atoms with E-state index in [-0.39, 0.29) is 30.6 Å². The summed E-state index contributed by atoms with van der Waals surface area (Å²) in [5.41, 5.74) is 5.59. The maximum absolute atomic E-state index is 14.2. The van der Waals surface area contributed by atoms with Gasteiger partial charge in [0.2, 0.25) is 5.91 Å². The molecule has 9 nitrogen and oxygen atoms in total. The van der Waals surface area contributed by atoms with Crippen molar-refractivity contribution >= 4 is 17.7 Å². The zero-order valence-corrected chi connectivity index (χ0v) is 30.0. The van der Waals surface area contributed by atoms with Crippen LogP contribution < -0.4 is 9.64 Å². The lowest BCUT2D eigenvalue weighted by molar-refractivity contribution is -0.123. The number of hydrogen-bond acceptors (Lipinski definition) is 6. The lowest BCUT2D eigenvalue weighted by Gasteiger charge is -2.35. The molecule has 1 aliphatic heterocycles. The van der Waals surface area contributed by atoms with Crippen LogP contribution in [-0.2, 0) is 9.53 Å². The van der Waals surface area contributed by atoms with Crippen LogP contribution in [0.3, 0.4) is 0 Å². The Hall–Kier alpha value is -3.85. The summed E-state index contributed by atoms with van der Waals surface area (Å²) in [6.45, 7) is 8.27.